The zero-order valence-electron chi connectivity index (χ0n) is 15.9. The molecule has 1 saturated carbocycles. The molecule has 9 heteroatoms. The largest absolute Gasteiger partial charge is 0.449 e. The van der Waals surface area contributed by atoms with Gasteiger partial charge in [0, 0.05) is 11.7 Å². The predicted molar refractivity (Wildman–Crippen MR) is 104 cm³/mol. The van der Waals surface area contributed by atoms with Crippen LogP contribution in [0.3, 0.4) is 0 Å². The van der Waals surface area contributed by atoms with Gasteiger partial charge in [-0.3, -0.25) is 4.79 Å². The van der Waals surface area contributed by atoms with Crippen molar-refractivity contribution in [2.75, 3.05) is 5.32 Å². The molecule has 0 spiro atoms. The summed E-state index contributed by atoms with van der Waals surface area (Å²) in [4.78, 5) is 24.5. The van der Waals surface area contributed by atoms with E-state index in [1.165, 1.54) is 43.3 Å². The number of sulfonamides is 1. The van der Waals surface area contributed by atoms with Crippen molar-refractivity contribution in [1.82, 2.24) is 4.72 Å². The lowest BCUT2D eigenvalue weighted by Crippen LogP contribution is -2.30. The van der Waals surface area contributed by atoms with Crippen molar-refractivity contribution in [3.63, 3.8) is 0 Å². The highest BCUT2D eigenvalue weighted by Gasteiger charge is 2.28. The van der Waals surface area contributed by atoms with Crippen LogP contribution in [0.15, 0.2) is 47.4 Å². The number of hydrogen-bond donors (Lipinski definition) is 2. The highest BCUT2D eigenvalue weighted by molar-refractivity contribution is 7.89. The van der Waals surface area contributed by atoms with E-state index in [2.05, 4.69) is 10.0 Å². The third-order valence-electron chi connectivity index (χ3n) is 4.39. The third kappa shape index (κ3) is 5.39. The number of anilines is 1. The molecular formula is C20H21FN2O5S. The van der Waals surface area contributed by atoms with Crippen LogP contribution in [0.25, 0.3) is 0 Å². The maximum atomic E-state index is 13.6. The Morgan fingerprint density at radius 3 is 2.38 bits per heavy atom. The summed E-state index contributed by atoms with van der Waals surface area (Å²) in [6.07, 6.45) is 0.504. The maximum Gasteiger partial charge on any atom is 0.338 e. The van der Waals surface area contributed by atoms with E-state index in [0.717, 1.165) is 12.8 Å². The minimum atomic E-state index is -3.61. The molecule has 2 N–H and O–H groups in total. The molecular weight excluding hydrogens is 399 g/mol. The standard InChI is InChI=1S/C20H21FN2O5S/c1-12-3-6-16(11-18(12)21)22-19(24)13(2)28-20(25)14-4-9-17(10-5-14)29(26,27)23-15-7-8-15/h3-6,9-11,13,15,23H,7-8H2,1-2H3,(H,22,24). The van der Waals surface area contributed by atoms with Crippen molar-refractivity contribution in [2.45, 2.75) is 43.7 Å². The van der Waals surface area contributed by atoms with Gasteiger partial charge in [0.25, 0.3) is 5.91 Å². The Morgan fingerprint density at radius 1 is 1.14 bits per heavy atom. The Hall–Kier alpha value is -2.78. The van der Waals surface area contributed by atoms with Gasteiger partial charge in [-0.15, -0.1) is 0 Å². The van der Waals surface area contributed by atoms with Crippen LogP contribution in [-0.2, 0) is 19.6 Å². The van der Waals surface area contributed by atoms with Gasteiger partial charge in [0.1, 0.15) is 5.82 Å². The second kappa shape index (κ2) is 8.30. The highest BCUT2D eigenvalue weighted by atomic mass is 32.2. The number of esters is 1. The Balaban J connectivity index is 1.59. The predicted octanol–water partition coefficient (Wildman–Crippen LogP) is 2.76. The Morgan fingerprint density at radius 2 is 1.79 bits per heavy atom. The van der Waals surface area contributed by atoms with E-state index in [1.807, 2.05) is 0 Å². The summed E-state index contributed by atoms with van der Waals surface area (Å²) in [6, 6.07) is 9.48. The van der Waals surface area contributed by atoms with Crippen molar-refractivity contribution >= 4 is 27.6 Å². The number of halogens is 1. The minimum absolute atomic E-state index is 0.0222. The van der Waals surface area contributed by atoms with E-state index < -0.39 is 33.8 Å². The lowest BCUT2D eigenvalue weighted by Gasteiger charge is -2.14. The lowest BCUT2D eigenvalue weighted by atomic mass is 10.2. The zero-order chi connectivity index (χ0) is 21.2. The molecule has 3 rings (SSSR count). The van der Waals surface area contributed by atoms with Gasteiger partial charge >= 0.3 is 5.97 Å². The van der Waals surface area contributed by atoms with E-state index >= 15 is 0 Å². The lowest BCUT2D eigenvalue weighted by molar-refractivity contribution is -0.123. The first kappa shape index (κ1) is 20.9. The van der Waals surface area contributed by atoms with Crippen LogP contribution >= 0.6 is 0 Å². The van der Waals surface area contributed by atoms with Crippen LogP contribution in [0.2, 0.25) is 0 Å². The number of carbonyl (C=O) groups excluding carboxylic acids is 2. The summed E-state index contributed by atoms with van der Waals surface area (Å²) >= 11 is 0. The van der Waals surface area contributed by atoms with Crippen LogP contribution in [0.1, 0.15) is 35.7 Å². The van der Waals surface area contributed by atoms with E-state index in [-0.39, 0.29) is 22.2 Å². The molecule has 1 aliphatic rings. The number of hydrogen-bond acceptors (Lipinski definition) is 5. The molecule has 0 bridgehead atoms. The van der Waals surface area contributed by atoms with E-state index in [0.29, 0.717) is 5.56 Å². The molecule has 29 heavy (non-hydrogen) atoms. The molecule has 1 fully saturated rings. The monoisotopic (exact) mass is 420 g/mol. The first-order valence-corrected chi connectivity index (χ1v) is 10.5. The number of aryl methyl sites for hydroxylation is 1. The first-order valence-electron chi connectivity index (χ1n) is 9.06. The van der Waals surface area contributed by atoms with Crippen LogP contribution in [0.4, 0.5) is 10.1 Å². The SMILES string of the molecule is Cc1ccc(NC(=O)C(C)OC(=O)c2ccc(S(=O)(=O)NC3CC3)cc2)cc1F. The minimum Gasteiger partial charge on any atom is -0.449 e. The molecule has 0 heterocycles. The smallest absolute Gasteiger partial charge is 0.338 e. The summed E-state index contributed by atoms with van der Waals surface area (Å²) in [5.41, 5.74) is 0.801. The number of amides is 1. The summed E-state index contributed by atoms with van der Waals surface area (Å²) < 4.78 is 45.5. The topological polar surface area (TPSA) is 102 Å². The van der Waals surface area contributed by atoms with Crippen LogP contribution in [0.5, 0.6) is 0 Å². The number of rotatable bonds is 7. The van der Waals surface area contributed by atoms with Crippen molar-refractivity contribution in [1.29, 1.82) is 0 Å². The molecule has 2 aromatic rings. The van der Waals surface area contributed by atoms with E-state index in [9.17, 15) is 22.4 Å². The number of ether oxygens (including phenoxy) is 1. The summed E-state index contributed by atoms with van der Waals surface area (Å²) in [7, 11) is -3.61. The van der Waals surface area contributed by atoms with Crippen LogP contribution in [-0.4, -0.2) is 32.4 Å². The first-order chi connectivity index (χ1) is 13.7. The number of benzene rings is 2. The second-order valence-electron chi connectivity index (χ2n) is 6.92. The fourth-order valence-corrected chi connectivity index (χ4v) is 3.76. The quantitative estimate of drug-likeness (QED) is 0.671. The Kier molecular flexibility index (Phi) is 5.99. The van der Waals surface area contributed by atoms with Gasteiger partial charge in [0.15, 0.2) is 6.10 Å². The van der Waals surface area contributed by atoms with Crippen LogP contribution in [0, 0.1) is 12.7 Å². The van der Waals surface area contributed by atoms with Gasteiger partial charge in [0.2, 0.25) is 10.0 Å². The van der Waals surface area contributed by atoms with Gasteiger partial charge in [0.05, 0.1) is 10.5 Å². The van der Waals surface area contributed by atoms with Gasteiger partial charge in [-0.25, -0.2) is 22.3 Å². The molecule has 1 unspecified atom stereocenters. The molecule has 154 valence electrons. The van der Waals surface area contributed by atoms with Gasteiger partial charge in [-0.05, 0) is 68.7 Å². The second-order valence-corrected chi connectivity index (χ2v) is 8.63. The average molecular weight is 420 g/mol. The van der Waals surface area contributed by atoms with Crippen molar-refractivity contribution < 1.29 is 27.1 Å². The zero-order valence-corrected chi connectivity index (χ0v) is 16.8. The summed E-state index contributed by atoms with van der Waals surface area (Å²) in [5.74, 6) is -1.85. The molecule has 2 aromatic carbocycles. The molecule has 0 saturated heterocycles. The molecule has 1 aliphatic carbocycles. The van der Waals surface area contributed by atoms with Crippen molar-refractivity contribution in [2.24, 2.45) is 0 Å². The summed E-state index contributed by atoms with van der Waals surface area (Å²) in [5, 5.41) is 2.48. The average Bonchev–Trinajstić information content (AvgIpc) is 3.48. The fourth-order valence-electron chi connectivity index (χ4n) is 2.46. The summed E-state index contributed by atoms with van der Waals surface area (Å²) in [6.45, 7) is 2.99. The third-order valence-corrected chi connectivity index (χ3v) is 5.93. The molecule has 0 aliphatic heterocycles. The van der Waals surface area contributed by atoms with Crippen molar-refractivity contribution in [3.05, 3.63) is 59.4 Å². The van der Waals surface area contributed by atoms with Gasteiger partial charge < -0.3 is 10.1 Å². The Labute approximate surface area is 168 Å². The molecule has 0 aromatic heterocycles. The van der Waals surface area contributed by atoms with E-state index in [4.69, 9.17) is 4.74 Å². The molecule has 1 amide bonds. The number of nitrogens with one attached hydrogen (secondary N) is 2. The molecule has 1 atom stereocenters. The fraction of sp³-hybridized carbons (Fsp3) is 0.300. The Bertz CT molecular complexity index is 1030. The van der Waals surface area contributed by atoms with E-state index in [1.54, 1.807) is 13.0 Å². The van der Waals surface area contributed by atoms with Crippen molar-refractivity contribution in [3.8, 4) is 0 Å². The highest BCUT2D eigenvalue weighted by Crippen LogP contribution is 2.22. The van der Waals surface area contributed by atoms with Gasteiger partial charge in [-0.2, -0.15) is 0 Å². The normalized spacial score (nSPS) is 14.9. The molecule has 7 nitrogen and oxygen atoms in total. The molecule has 0 radical (unpaired) electrons. The van der Waals surface area contributed by atoms with Crippen LogP contribution < -0.4 is 10.0 Å². The van der Waals surface area contributed by atoms with Gasteiger partial charge in [-0.1, -0.05) is 6.07 Å². The maximum absolute atomic E-state index is 13.6. The number of carbonyl (C=O) groups is 2.